The minimum atomic E-state index is 0. The highest BCUT2D eigenvalue weighted by Gasteiger charge is 2.19. The second-order valence-electron chi connectivity index (χ2n) is 6.67. The molecule has 1 aromatic rings. The Morgan fingerprint density at radius 2 is 2.00 bits per heavy atom. The summed E-state index contributed by atoms with van der Waals surface area (Å²) < 4.78 is 0. The van der Waals surface area contributed by atoms with Crippen molar-refractivity contribution in [2.24, 2.45) is 5.92 Å². The van der Waals surface area contributed by atoms with Gasteiger partial charge in [0.05, 0.1) is 0 Å². The van der Waals surface area contributed by atoms with Crippen molar-refractivity contribution in [3.05, 3.63) is 29.8 Å². The van der Waals surface area contributed by atoms with E-state index >= 15 is 0 Å². The Hall–Kier alpha value is -0.770. The summed E-state index contributed by atoms with van der Waals surface area (Å²) in [4.78, 5) is 5.19. The first-order valence-corrected chi connectivity index (χ1v) is 8.56. The molecule has 0 saturated carbocycles. The lowest BCUT2D eigenvalue weighted by Gasteiger charge is -2.37. The number of nitrogens with zero attached hydrogens (tertiary/aromatic N) is 2. The molecule has 0 spiro atoms. The summed E-state index contributed by atoms with van der Waals surface area (Å²) in [6.45, 7) is 10.7. The maximum atomic E-state index is 3.53. The van der Waals surface area contributed by atoms with Gasteiger partial charge in [0.2, 0.25) is 0 Å². The summed E-state index contributed by atoms with van der Waals surface area (Å²) in [5.74, 6) is 0.911. The molecule has 1 unspecified atom stereocenters. The SMILES string of the molecule is Cc1cccc(N2CCN(CCC3CCCNC3)CC2)c1.Cl. The fraction of sp³-hybridized carbons (Fsp3) is 0.667. The Kier molecular flexibility index (Phi) is 7.00. The molecular formula is C18H30ClN3. The monoisotopic (exact) mass is 323 g/mol. The molecule has 2 aliphatic rings. The van der Waals surface area contributed by atoms with Crippen LogP contribution in [0.15, 0.2) is 24.3 Å². The summed E-state index contributed by atoms with van der Waals surface area (Å²) in [5, 5.41) is 3.53. The van der Waals surface area contributed by atoms with E-state index in [2.05, 4.69) is 46.3 Å². The van der Waals surface area contributed by atoms with Gasteiger partial charge in [0.15, 0.2) is 0 Å². The zero-order chi connectivity index (χ0) is 14.5. The fourth-order valence-electron chi connectivity index (χ4n) is 3.59. The van der Waals surface area contributed by atoms with Crippen LogP contribution in [0.1, 0.15) is 24.8 Å². The highest BCUT2D eigenvalue weighted by molar-refractivity contribution is 5.85. The van der Waals surface area contributed by atoms with Crippen molar-refractivity contribution in [2.75, 3.05) is 50.7 Å². The lowest BCUT2D eigenvalue weighted by atomic mass is 9.96. The van der Waals surface area contributed by atoms with Gasteiger partial charge >= 0.3 is 0 Å². The van der Waals surface area contributed by atoms with Gasteiger partial charge in [-0.15, -0.1) is 12.4 Å². The lowest BCUT2D eigenvalue weighted by molar-refractivity contribution is 0.226. The Labute approximate surface area is 141 Å². The number of hydrogen-bond acceptors (Lipinski definition) is 3. The van der Waals surface area contributed by atoms with E-state index < -0.39 is 0 Å². The van der Waals surface area contributed by atoms with E-state index in [9.17, 15) is 0 Å². The number of piperazine rings is 1. The van der Waals surface area contributed by atoms with Gasteiger partial charge in [-0.1, -0.05) is 12.1 Å². The van der Waals surface area contributed by atoms with Gasteiger partial charge in [0.1, 0.15) is 0 Å². The van der Waals surface area contributed by atoms with E-state index in [0.29, 0.717) is 0 Å². The number of piperidine rings is 1. The molecule has 0 bridgehead atoms. The normalized spacial score (nSPS) is 23.1. The number of aryl methyl sites for hydroxylation is 1. The van der Waals surface area contributed by atoms with E-state index in [0.717, 1.165) is 5.92 Å². The van der Waals surface area contributed by atoms with Crippen LogP contribution in [0.3, 0.4) is 0 Å². The van der Waals surface area contributed by atoms with Crippen LogP contribution in [0.5, 0.6) is 0 Å². The quantitative estimate of drug-likeness (QED) is 0.919. The molecule has 3 rings (SSSR count). The van der Waals surface area contributed by atoms with Crippen LogP contribution in [0.25, 0.3) is 0 Å². The van der Waals surface area contributed by atoms with Crippen LogP contribution in [0.4, 0.5) is 5.69 Å². The van der Waals surface area contributed by atoms with E-state index in [4.69, 9.17) is 0 Å². The van der Waals surface area contributed by atoms with E-state index in [-0.39, 0.29) is 12.4 Å². The molecule has 0 aromatic heterocycles. The largest absolute Gasteiger partial charge is 0.369 e. The molecule has 124 valence electrons. The summed E-state index contributed by atoms with van der Waals surface area (Å²) >= 11 is 0. The predicted molar refractivity (Wildman–Crippen MR) is 97.3 cm³/mol. The molecule has 1 atom stereocenters. The standard InChI is InChI=1S/C18H29N3.ClH/c1-16-4-2-6-18(14-16)21-12-10-20(11-13-21)9-7-17-5-3-8-19-15-17;/h2,4,6,14,17,19H,3,5,7-13,15H2,1H3;1H. The highest BCUT2D eigenvalue weighted by atomic mass is 35.5. The molecule has 1 aromatic carbocycles. The van der Waals surface area contributed by atoms with Crippen LogP contribution in [0, 0.1) is 12.8 Å². The first kappa shape index (κ1) is 17.6. The molecule has 22 heavy (non-hydrogen) atoms. The molecule has 1 N–H and O–H groups in total. The van der Waals surface area contributed by atoms with E-state index in [1.165, 1.54) is 76.3 Å². The first-order valence-electron chi connectivity index (χ1n) is 8.56. The average molecular weight is 324 g/mol. The predicted octanol–water partition coefficient (Wildman–Crippen LogP) is 2.93. The third-order valence-corrected chi connectivity index (χ3v) is 4.99. The zero-order valence-corrected chi connectivity index (χ0v) is 14.6. The third-order valence-electron chi connectivity index (χ3n) is 4.99. The van der Waals surface area contributed by atoms with Crippen molar-refractivity contribution in [2.45, 2.75) is 26.2 Å². The molecule has 0 radical (unpaired) electrons. The Morgan fingerprint density at radius 3 is 2.68 bits per heavy atom. The average Bonchev–Trinajstić information content (AvgIpc) is 2.54. The smallest absolute Gasteiger partial charge is 0.0369 e. The maximum Gasteiger partial charge on any atom is 0.0369 e. The van der Waals surface area contributed by atoms with Gasteiger partial charge in [-0.25, -0.2) is 0 Å². The number of rotatable bonds is 4. The number of halogens is 1. The van der Waals surface area contributed by atoms with Gasteiger partial charge in [-0.2, -0.15) is 0 Å². The number of nitrogens with one attached hydrogen (secondary N) is 1. The van der Waals surface area contributed by atoms with Crippen molar-refractivity contribution < 1.29 is 0 Å². The molecule has 3 nitrogen and oxygen atoms in total. The number of hydrogen-bond donors (Lipinski definition) is 1. The van der Waals surface area contributed by atoms with Crippen molar-refractivity contribution in [1.29, 1.82) is 0 Å². The molecule has 2 heterocycles. The van der Waals surface area contributed by atoms with E-state index in [1.807, 2.05) is 0 Å². The molecule has 0 aliphatic carbocycles. The van der Waals surface area contributed by atoms with Crippen molar-refractivity contribution in [3.63, 3.8) is 0 Å². The van der Waals surface area contributed by atoms with Gasteiger partial charge in [0.25, 0.3) is 0 Å². The summed E-state index contributed by atoms with van der Waals surface area (Å²) in [7, 11) is 0. The molecule has 2 fully saturated rings. The minimum absolute atomic E-state index is 0. The van der Waals surface area contributed by atoms with Gasteiger partial charge in [-0.05, 0) is 69.4 Å². The number of benzene rings is 1. The number of anilines is 1. The second kappa shape index (κ2) is 8.76. The van der Waals surface area contributed by atoms with Crippen LogP contribution in [-0.2, 0) is 0 Å². The third kappa shape index (κ3) is 4.87. The second-order valence-corrected chi connectivity index (χ2v) is 6.67. The van der Waals surface area contributed by atoms with Gasteiger partial charge in [-0.3, -0.25) is 4.90 Å². The molecule has 0 amide bonds. The Balaban J connectivity index is 0.00000176. The summed E-state index contributed by atoms with van der Waals surface area (Å²) in [6, 6.07) is 8.91. The summed E-state index contributed by atoms with van der Waals surface area (Å²) in [6.07, 6.45) is 4.17. The summed E-state index contributed by atoms with van der Waals surface area (Å²) in [5.41, 5.74) is 2.76. The maximum absolute atomic E-state index is 3.53. The van der Waals surface area contributed by atoms with Crippen molar-refractivity contribution in [1.82, 2.24) is 10.2 Å². The Morgan fingerprint density at radius 1 is 1.18 bits per heavy atom. The van der Waals surface area contributed by atoms with Crippen LogP contribution in [0.2, 0.25) is 0 Å². The van der Waals surface area contributed by atoms with E-state index in [1.54, 1.807) is 0 Å². The topological polar surface area (TPSA) is 18.5 Å². The fourth-order valence-corrected chi connectivity index (χ4v) is 3.59. The lowest BCUT2D eigenvalue weighted by Crippen LogP contribution is -2.47. The van der Waals surface area contributed by atoms with Crippen molar-refractivity contribution >= 4 is 18.1 Å². The minimum Gasteiger partial charge on any atom is -0.369 e. The van der Waals surface area contributed by atoms with Gasteiger partial charge in [0, 0.05) is 31.9 Å². The molecule has 2 saturated heterocycles. The molecular weight excluding hydrogens is 294 g/mol. The van der Waals surface area contributed by atoms with Crippen LogP contribution >= 0.6 is 12.4 Å². The van der Waals surface area contributed by atoms with Crippen LogP contribution in [-0.4, -0.2) is 50.7 Å². The zero-order valence-electron chi connectivity index (χ0n) is 13.8. The Bertz CT molecular complexity index is 438. The first-order chi connectivity index (χ1) is 10.3. The van der Waals surface area contributed by atoms with Gasteiger partial charge < -0.3 is 10.2 Å². The highest BCUT2D eigenvalue weighted by Crippen LogP contribution is 2.19. The molecule has 2 aliphatic heterocycles. The van der Waals surface area contributed by atoms with Crippen molar-refractivity contribution in [3.8, 4) is 0 Å². The molecule has 4 heteroatoms. The van der Waals surface area contributed by atoms with Crippen LogP contribution < -0.4 is 10.2 Å².